The molecule has 0 spiro atoms. The van der Waals surface area contributed by atoms with E-state index in [1.165, 1.54) is 12.1 Å². The van der Waals surface area contributed by atoms with Gasteiger partial charge in [0.05, 0.1) is 12.6 Å². The molecule has 0 bridgehead atoms. The van der Waals surface area contributed by atoms with Gasteiger partial charge < -0.3 is 11.1 Å². The summed E-state index contributed by atoms with van der Waals surface area (Å²) < 4.78 is 12.6. The van der Waals surface area contributed by atoms with Gasteiger partial charge in [-0.3, -0.25) is 4.79 Å². The van der Waals surface area contributed by atoms with Crippen LogP contribution in [0.1, 0.15) is 18.5 Å². The molecule has 0 aliphatic heterocycles. The Kier molecular flexibility index (Phi) is 3.59. The highest BCUT2D eigenvalue weighted by atomic mass is 19.1. The van der Waals surface area contributed by atoms with Crippen LogP contribution in [0.15, 0.2) is 24.3 Å². The first kappa shape index (κ1) is 10.7. The van der Waals surface area contributed by atoms with Crippen LogP contribution < -0.4 is 11.1 Å². The van der Waals surface area contributed by atoms with Crippen molar-refractivity contribution in [1.82, 2.24) is 5.32 Å². The molecule has 0 unspecified atom stereocenters. The monoisotopic (exact) mass is 196 g/mol. The van der Waals surface area contributed by atoms with Gasteiger partial charge in [-0.15, -0.1) is 0 Å². The molecule has 0 aliphatic rings. The van der Waals surface area contributed by atoms with Crippen molar-refractivity contribution in [2.45, 2.75) is 13.0 Å². The van der Waals surface area contributed by atoms with Crippen LogP contribution in [-0.4, -0.2) is 12.5 Å². The van der Waals surface area contributed by atoms with Gasteiger partial charge in [-0.05, 0) is 24.6 Å². The Morgan fingerprint density at radius 3 is 2.57 bits per heavy atom. The van der Waals surface area contributed by atoms with Crippen molar-refractivity contribution in [2.24, 2.45) is 5.73 Å². The average Bonchev–Trinajstić information content (AvgIpc) is 2.18. The molecular formula is C10H13FN2O. The Labute approximate surface area is 82.1 Å². The summed E-state index contributed by atoms with van der Waals surface area (Å²) in [6, 6.07) is 5.85. The minimum absolute atomic E-state index is 0.0362. The molecule has 0 heterocycles. The number of hydrogen-bond donors (Lipinski definition) is 2. The average molecular weight is 196 g/mol. The fourth-order valence-corrected chi connectivity index (χ4v) is 1.14. The number of nitrogens with two attached hydrogens (primary N) is 1. The first-order valence-electron chi connectivity index (χ1n) is 4.38. The number of benzene rings is 1. The largest absolute Gasteiger partial charge is 0.348 e. The van der Waals surface area contributed by atoms with E-state index < -0.39 is 0 Å². The van der Waals surface area contributed by atoms with E-state index >= 15 is 0 Å². The van der Waals surface area contributed by atoms with Gasteiger partial charge in [0.2, 0.25) is 5.91 Å². The van der Waals surface area contributed by atoms with Crippen molar-refractivity contribution in [3.8, 4) is 0 Å². The number of carbonyl (C=O) groups excluding carboxylic acids is 1. The van der Waals surface area contributed by atoms with Crippen LogP contribution in [0.25, 0.3) is 0 Å². The first-order valence-corrected chi connectivity index (χ1v) is 4.38. The highest BCUT2D eigenvalue weighted by molar-refractivity contribution is 5.78. The van der Waals surface area contributed by atoms with Crippen LogP contribution in [0.4, 0.5) is 4.39 Å². The van der Waals surface area contributed by atoms with E-state index in [-0.39, 0.29) is 24.3 Å². The van der Waals surface area contributed by atoms with Crippen LogP contribution in [-0.2, 0) is 4.79 Å². The van der Waals surface area contributed by atoms with Gasteiger partial charge in [0.15, 0.2) is 0 Å². The number of carbonyl (C=O) groups is 1. The van der Waals surface area contributed by atoms with Gasteiger partial charge in [-0.25, -0.2) is 4.39 Å². The second kappa shape index (κ2) is 4.72. The van der Waals surface area contributed by atoms with E-state index in [1.807, 2.05) is 6.92 Å². The van der Waals surface area contributed by atoms with Gasteiger partial charge in [0.25, 0.3) is 0 Å². The quantitative estimate of drug-likeness (QED) is 0.756. The Hall–Kier alpha value is -1.42. The third-order valence-corrected chi connectivity index (χ3v) is 1.93. The summed E-state index contributed by atoms with van der Waals surface area (Å²) >= 11 is 0. The molecule has 1 aromatic carbocycles. The molecule has 1 aromatic rings. The van der Waals surface area contributed by atoms with Crippen LogP contribution in [0, 0.1) is 5.82 Å². The van der Waals surface area contributed by atoms with E-state index in [0.717, 1.165) is 5.56 Å². The maximum atomic E-state index is 12.6. The Morgan fingerprint density at radius 2 is 2.07 bits per heavy atom. The highest BCUT2D eigenvalue weighted by Crippen LogP contribution is 2.12. The number of halogens is 1. The molecule has 0 aliphatic carbocycles. The SMILES string of the molecule is C[C@H](NC(=O)CN)c1ccc(F)cc1. The van der Waals surface area contributed by atoms with Crippen LogP contribution in [0.2, 0.25) is 0 Å². The predicted octanol–water partition coefficient (Wildman–Crippen LogP) is 0.962. The molecule has 0 radical (unpaired) electrons. The Morgan fingerprint density at radius 1 is 1.50 bits per heavy atom. The zero-order valence-corrected chi connectivity index (χ0v) is 7.96. The first-order chi connectivity index (χ1) is 6.63. The topological polar surface area (TPSA) is 55.1 Å². The summed E-state index contributed by atoms with van der Waals surface area (Å²) in [7, 11) is 0. The van der Waals surface area contributed by atoms with E-state index in [0.29, 0.717) is 0 Å². The standard InChI is InChI=1S/C10H13FN2O/c1-7(13-10(14)6-12)8-2-4-9(11)5-3-8/h2-5,7H,6,12H2,1H3,(H,13,14)/t7-/m0/s1. The molecule has 4 heteroatoms. The van der Waals surface area contributed by atoms with Crippen molar-refractivity contribution in [1.29, 1.82) is 0 Å². The van der Waals surface area contributed by atoms with E-state index in [1.54, 1.807) is 12.1 Å². The van der Waals surface area contributed by atoms with Gasteiger partial charge >= 0.3 is 0 Å². The smallest absolute Gasteiger partial charge is 0.234 e. The second-order valence-electron chi connectivity index (χ2n) is 3.04. The van der Waals surface area contributed by atoms with Gasteiger partial charge in [0, 0.05) is 0 Å². The molecule has 3 nitrogen and oxygen atoms in total. The van der Waals surface area contributed by atoms with Gasteiger partial charge in [-0.2, -0.15) is 0 Å². The lowest BCUT2D eigenvalue weighted by molar-refractivity contribution is -0.120. The second-order valence-corrected chi connectivity index (χ2v) is 3.04. The van der Waals surface area contributed by atoms with Crippen LogP contribution >= 0.6 is 0 Å². The van der Waals surface area contributed by atoms with E-state index in [4.69, 9.17) is 5.73 Å². The third-order valence-electron chi connectivity index (χ3n) is 1.93. The van der Waals surface area contributed by atoms with Gasteiger partial charge in [-0.1, -0.05) is 12.1 Å². The number of hydrogen-bond acceptors (Lipinski definition) is 2. The summed E-state index contributed by atoms with van der Waals surface area (Å²) in [4.78, 5) is 11.0. The lowest BCUT2D eigenvalue weighted by Crippen LogP contribution is -2.32. The number of rotatable bonds is 3. The molecule has 76 valence electrons. The van der Waals surface area contributed by atoms with Crippen molar-refractivity contribution in [3.63, 3.8) is 0 Å². The van der Waals surface area contributed by atoms with Crippen molar-refractivity contribution >= 4 is 5.91 Å². The van der Waals surface area contributed by atoms with Gasteiger partial charge in [0.1, 0.15) is 5.82 Å². The minimum atomic E-state index is -0.286. The minimum Gasteiger partial charge on any atom is -0.348 e. The number of amides is 1. The van der Waals surface area contributed by atoms with Crippen LogP contribution in [0.5, 0.6) is 0 Å². The van der Waals surface area contributed by atoms with E-state index in [2.05, 4.69) is 5.32 Å². The fraction of sp³-hybridized carbons (Fsp3) is 0.300. The molecule has 3 N–H and O–H groups in total. The molecule has 0 aromatic heterocycles. The summed E-state index contributed by atoms with van der Waals surface area (Å²) in [5.41, 5.74) is 6.01. The maximum absolute atomic E-state index is 12.6. The normalized spacial score (nSPS) is 12.2. The molecule has 0 saturated carbocycles. The van der Waals surface area contributed by atoms with Crippen LogP contribution in [0.3, 0.4) is 0 Å². The fourth-order valence-electron chi connectivity index (χ4n) is 1.14. The molecule has 1 rings (SSSR count). The molecular weight excluding hydrogens is 183 g/mol. The van der Waals surface area contributed by atoms with E-state index in [9.17, 15) is 9.18 Å². The predicted molar refractivity (Wildman–Crippen MR) is 52.0 cm³/mol. The van der Waals surface area contributed by atoms with Crippen molar-refractivity contribution < 1.29 is 9.18 Å². The lowest BCUT2D eigenvalue weighted by atomic mass is 10.1. The zero-order chi connectivity index (χ0) is 10.6. The maximum Gasteiger partial charge on any atom is 0.234 e. The molecule has 1 amide bonds. The molecule has 0 saturated heterocycles. The third kappa shape index (κ3) is 2.81. The molecule has 14 heavy (non-hydrogen) atoms. The summed E-state index contributed by atoms with van der Waals surface area (Å²) in [6.45, 7) is 1.78. The summed E-state index contributed by atoms with van der Waals surface area (Å²) in [6.07, 6.45) is 0. The zero-order valence-electron chi connectivity index (χ0n) is 7.96. The molecule has 1 atom stereocenters. The summed E-state index contributed by atoms with van der Waals surface area (Å²) in [5.74, 6) is -0.507. The van der Waals surface area contributed by atoms with Crippen molar-refractivity contribution in [2.75, 3.05) is 6.54 Å². The summed E-state index contributed by atoms with van der Waals surface area (Å²) in [5, 5.41) is 2.68. The molecule has 0 fully saturated rings. The Bertz CT molecular complexity index is 310. The highest BCUT2D eigenvalue weighted by Gasteiger charge is 2.07. The Balaban J connectivity index is 2.65. The lowest BCUT2D eigenvalue weighted by Gasteiger charge is -2.13. The van der Waals surface area contributed by atoms with Crippen molar-refractivity contribution in [3.05, 3.63) is 35.6 Å². The number of nitrogens with one attached hydrogen (secondary N) is 1.